The van der Waals surface area contributed by atoms with Crippen molar-refractivity contribution in [2.75, 3.05) is 4.90 Å². The highest BCUT2D eigenvalue weighted by atomic mass is 16.5. The van der Waals surface area contributed by atoms with Crippen LogP contribution in [-0.2, 0) is 0 Å². The summed E-state index contributed by atoms with van der Waals surface area (Å²) in [6.07, 6.45) is 0. The monoisotopic (exact) mass is 454 g/mol. The third-order valence-corrected chi connectivity index (χ3v) is 6.19. The van der Waals surface area contributed by atoms with Crippen molar-refractivity contribution >= 4 is 51.4 Å². The van der Waals surface area contributed by atoms with Crippen molar-refractivity contribution in [3.05, 3.63) is 127 Å². The van der Waals surface area contributed by atoms with Crippen molar-refractivity contribution in [1.29, 1.82) is 0 Å². The summed E-state index contributed by atoms with van der Waals surface area (Å²) in [4.78, 5) is 5.60. The van der Waals surface area contributed by atoms with Crippen molar-refractivity contribution in [3.8, 4) is 5.75 Å². The van der Waals surface area contributed by atoms with Crippen molar-refractivity contribution < 1.29 is 9.68 Å². The van der Waals surface area contributed by atoms with Gasteiger partial charge in [-0.2, -0.15) is 0 Å². The maximum Gasteiger partial charge on any atom is 0.560 e. The van der Waals surface area contributed by atoms with Crippen LogP contribution in [0.3, 0.4) is 0 Å². The van der Waals surface area contributed by atoms with Crippen LogP contribution in [0.5, 0.6) is 5.75 Å². The number of hydrogen-bond donors (Lipinski definition) is 2. The van der Waals surface area contributed by atoms with E-state index in [1.807, 2.05) is 91.0 Å². The second-order valence-electron chi connectivity index (χ2n) is 8.45. The smallest absolute Gasteiger partial charge is 0.532 e. The van der Waals surface area contributed by atoms with Crippen LogP contribution < -0.4 is 15.0 Å². The highest BCUT2D eigenvalue weighted by Crippen LogP contribution is 2.35. The number of nitrogens with one attached hydrogen (secondary N) is 1. The lowest BCUT2D eigenvalue weighted by Crippen LogP contribution is -2.36. The molecule has 0 atom stereocenters. The molecule has 4 nitrogen and oxygen atoms in total. The van der Waals surface area contributed by atoms with Crippen LogP contribution >= 0.6 is 0 Å². The fourth-order valence-corrected chi connectivity index (χ4v) is 4.49. The molecule has 1 heterocycles. The van der Waals surface area contributed by atoms with Crippen LogP contribution in [0.25, 0.3) is 21.8 Å². The highest BCUT2D eigenvalue weighted by molar-refractivity contribution is 6.61. The standard InChI is InChI=1S/C30H23BN2O2/c34-31(22-15-20-30-28(21-22)27-13-7-8-14-29(27)32-30)35-26-18-16-25(17-19-26)33(23-9-3-1-4-10-23)24-11-5-2-6-12-24/h1-21,32,34H. The van der Waals surface area contributed by atoms with Gasteiger partial charge in [-0.25, -0.2) is 0 Å². The van der Waals surface area contributed by atoms with E-state index >= 15 is 0 Å². The maximum atomic E-state index is 10.8. The van der Waals surface area contributed by atoms with E-state index < -0.39 is 7.12 Å². The Morgan fingerprint density at radius 2 is 1.14 bits per heavy atom. The predicted molar refractivity (Wildman–Crippen MR) is 145 cm³/mol. The minimum atomic E-state index is -1.07. The molecule has 0 unspecified atom stereocenters. The summed E-state index contributed by atoms with van der Waals surface area (Å²) in [5.74, 6) is 0.598. The lowest BCUT2D eigenvalue weighted by atomic mass is 9.79. The molecular weight excluding hydrogens is 431 g/mol. The number of anilines is 3. The number of H-pyrrole nitrogens is 1. The molecule has 0 spiro atoms. The summed E-state index contributed by atoms with van der Waals surface area (Å²) in [6, 6.07) is 42.3. The topological polar surface area (TPSA) is 48.5 Å². The van der Waals surface area contributed by atoms with Gasteiger partial charge >= 0.3 is 7.12 Å². The third-order valence-electron chi connectivity index (χ3n) is 6.19. The molecule has 5 heteroatoms. The van der Waals surface area contributed by atoms with E-state index in [9.17, 15) is 5.02 Å². The molecule has 2 N–H and O–H groups in total. The van der Waals surface area contributed by atoms with Crippen LogP contribution in [0.4, 0.5) is 17.1 Å². The van der Waals surface area contributed by atoms with E-state index in [0.717, 1.165) is 38.9 Å². The van der Waals surface area contributed by atoms with Crippen LogP contribution in [-0.4, -0.2) is 17.1 Å². The van der Waals surface area contributed by atoms with Gasteiger partial charge in [-0.05, 0) is 66.1 Å². The molecule has 0 radical (unpaired) electrons. The van der Waals surface area contributed by atoms with Crippen molar-refractivity contribution in [2.24, 2.45) is 0 Å². The van der Waals surface area contributed by atoms with Crippen molar-refractivity contribution in [2.45, 2.75) is 0 Å². The molecule has 6 aromatic rings. The number of fused-ring (bicyclic) bond motifs is 3. The fraction of sp³-hybridized carbons (Fsp3) is 0. The van der Waals surface area contributed by atoms with E-state index in [1.165, 1.54) is 0 Å². The first-order valence-electron chi connectivity index (χ1n) is 11.6. The van der Waals surface area contributed by atoms with Crippen LogP contribution in [0.1, 0.15) is 0 Å². The van der Waals surface area contributed by atoms with Gasteiger partial charge in [0, 0.05) is 38.9 Å². The second-order valence-corrected chi connectivity index (χ2v) is 8.45. The molecule has 168 valence electrons. The number of para-hydroxylation sites is 3. The SMILES string of the molecule is OB(Oc1ccc(N(c2ccccc2)c2ccccc2)cc1)c1ccc2[nH]c3ccccc3c2c1. The quantitative estimate of drug-likeness (QED) is 0.280. The first-order valence-corrected chi connectivity index (χ1v) is 11.6. The molecule has 0 aliphatic heterocycles. The average Bonchev–Trinajstić information content (AvgIpc) is 3.29. The Bertz CT molecular complexity index is 1540. The fourth-order valence-electron chi connectivity index (χ4n) is 4.49. The van der Waals surface area contributed by atoms with E-state index in [2.05, 4.69) is 46.3 Å². The number of rotatable bonds is 6. The zero-order valence-electron chi connectivity index (χ0n) is 19.0. The molecule has 6 rings (SSSR count). The molecule has 0 bridgehead atoms. The van der Waals surface area contributed by atoms with E-state index in [-0.39, 0.29) is 0 Å². The molecule has 1 aromatic heterocycles. The number of benzene rings is 5. The predicted octanol–water partition coefficient (Wildman–Crippen LogP) is 6.56. The largest absolute Gasteiger partial charge is 0.560 e. The minimum Gasteiger partial charge on any atom is -0.532 e. The van der Waals surface area contributed by atoms with Crippen LogP contribution in [0, 0.1) is 0 Å². The maximum absolute atomic E-state index is 10.8. The Morgan fingerprint density at radius 3 is 1.83 bits per heavy atom. The van der Waals surface area contributed by atoms with E-state index in [1.54, 1.807) is 0 Å². The number of nitrogens with zero attached hydrogens (tertiary/aromatic N) is 1. The van der Waals surface area contributed by atoms with E-state index in [4.69, 9.17) is 4.65 Å². The normalized spacial score (nSPS) is 11.0. The van der Waals surface area contributed by atoms with Gasteiger partial charge in [0.1, 0.15) is 5.75 Å². The van der Waals surface area contributed by atoms with Gasteiger partial charge in [0.25, 0.3) is 0 Å². The first-order chi connectivity index (χ1) is 17.3. The van der Waals surface area contributed by atoms with Gasteiger partial charge in [0.2, 0.25) is 0 Å². The van der Waals surface area contributed by atoms with Gasteiger partial charge in [0.05, 0.1) is 0 Å². The summed E-state index contributed by atoms with van der Waals surface area (Å²) in [5.41, 5.74) is 5.96. The van der Waals surface area contributed by atoms with Gasteiger partial charge in [0.15, 0.2) is 0 Å². The van der Waals surface area contributed by atoms with Crippen molar-refractivity contribution in [3.63, 3.8) is 0 Å². The summed E-state index contributed by atoms with van der Waals surface area (Å²) >= 11 is 0. The lowest BCUT2D eigenvalue weighted by molar-refractivity contribution is 0.433. The van der Waals surface area contributed by atoms with Crippen LogP contribution in [0.15, 0.2) is 127 Å². The minimum absolute atomic E-state index is 0.598. The molecule has 35 heavy (non-hydrogen) atoms. The number of aromatic amines is 1. The third kappa shape index (κ3) is 4.14. The van der Waals surface area contributed by atoms with Gasteiger partial charge in [-0.1, -0.05) is 66.7 Å². The van der Waals surface area contributed by atoms with Crippen molar-refractivity contribution in [1.82, 2.24) is 4.98 Å². The summed E-state index contributed by atoms with van der Waals surface area (Å²) in [5, 5.41) is 13.0. The zero-order chi connectivity index (χ0) is 23.6. The Labute approximate surface area is 204 Å². The van der Waals surface area contributed by atoms with Gasteiger partial charge < -0.3 is 19.6 Å². The molecular formula is C30H23BN2O2. The summed E-state index contributed by atoms with van der Waals surface area (Å²) < 4.78 is 5.91. The molecule has 0 amide bonds. The Kier molecular flexibility index (Phi) is 5.45. The first kappa shape index (κ1) is 21.1. The molecule has 0 aliphatic carbocycles. The molecule has 0 fully saturated rings. The van der Waals surface area contributed by atoms with Gasteiger partial charge in [-0.3, -0.25) is 0 Å². The molecule has 0 aliphatic rings. The summed E-state index contributed by atoms with van der Waals surface area (Å²) in [6.45, 7) is 0. The van der Waals surface area contributed by atoms with Gasteiger partial charge in [-0.15, -0.1) is 0 Å². The number of aromatic nitrogens is 1. The lowest BCUT2D eigenvalue weighted by Gasteiger charge is -2.25. The Morgan fingerprint density at radius 1 is 0.571 bits per heavy atom. The number of hydrogen-bond acceptors (Lipinski definition) is 3. The average molecular weight is 454 g/mol. The van der Waals surface area contributed by atoms with Crippen LogP contribution in [0.2, 0.25) is 0 Å². The Hall–Kier alpha value is -4.48. The zero-order valence-corrected chi connectivity index (χ0v) is 19.0. The molecule has 0 saturated heterocycles. The Balaban J connectivity index is 1.27. The molecule has 5 aromatic carbocycles. The molecule has 0 saturated carbocycles. The summed E-state index contributed by atoms with van der Waals surface area (Å²) in [7, 11) is -1.07. The second kappa shape index (κ2) is 9.05. The van der Waals surface area contributed by atoms with E-state index in [0.29, 0.717) is 11.2 Å². The highest BCUT2D eigenvalue weighted by Gasteiger charge is 2.20.